The highest BCUT2D eigenvalue weighted by molar-refractivity contribution is 7.90. The van der Waals surface area contributed by atoms with Gasteiger partial charge in [0.05, 0.1) is 11.3 Å². The summed E-state index contributed by atoms with van der Waals surface area (Å²) in [6, 6.07) is 14.4. The van der Waals surface area contributed by atoms with Crippen LogP contribution in [0.15, 0.2) is 72.1 Å². The lowest BCUT2D eigenvalue weighted by Gasteiger charge is -2.13. The summed E-state index contributed by atoms with van der Waals surface area (Å²) in [4.78, 5) is 14.4. The quantitative estimate of drug-likeness (QED) is 0.500. The van der Waals surface area contributed by atoms with E-state index in [9.17, 15) is 13.2 Å². The standard InChI is InChI=1S/C22H20N4O3S2/c27-21(20-17-10-4-5-11-18(17)30-22(20)25-13-6-7-14-25)24-31(28,29)19-12-15-26(23-19)16-8-2-1-3-9-16/h1-3,6-9,12-15H,4-5,10-11H2,(H,24,27). The van der Waals surface area contributed by atoms with Crippen LogP contribution in [0.4, 0.5) is 0 Å². The Bertz CT molecular complexity index is 1340. The van der Waals surface area contributed by atoms with Gasteiger partial charge in [0.15, 0.2) is 5.03 Å². The summed E-state index contributed by atoms with van der Waals surface area (Å²) in [6.45, 7) is 0. The van der Waals surface area contributed by atoms with Crippen molar-refractivity contribution in [2.24, 2.45) is 0 Å². The molecule has 0 aliphatic heterocycles. The number of carbonyl (C=O) groups excluding carboxylic acids is 1. The Kier molecular flexibility index (Phi) is 4.99. The maximum atomic E-state index is 13.2. The SMILES string of the molecule is O=C(NS(=O)(=O)c1ccn(-c2ccccc2)n1)c1c(-n2cccc2)sc2c1CCCC2. The Hall–Kier alpha value is -3.17. The largest absolute Gasteiger partial charge is 0.315 e. The first-order valence-corrected chi connectivity index (χ1v) is 12.3. The topological polar surface area (TPSA) is 86.0 Å². The summed E-state index contributed by atoms with van der Waals surface area (Å²) in [6.07, 6.45) is 9.05. The number of rotatable bonds is 5. The number of nitrogens with one attached hydrogen (secondary N) is 1. The third-order valence-corrected chi connectivity index (χ3v) is 7.83. The van der Waals surface area contributed by atoms with Gasteiger partial charge in [-0.25, -0.2) is 9.40 Å². The third kappa shape index (κ3) is 3.70. The van der Waals surface area contributed by atoms with E-state index >= 15 is 0 Å². The van der Waals surface area contributed by atoms with Gasteiger partial charge in [-0.1, -0.05) is 18.2 Å². The normalized spacial score (nSPS) is 13.7. The molecule has 1 amide bonds. The molecule has 1 N–H and O–H groups in total. The Morgan fingerprint density at radius 3 is 2.48 bits per heavy atom. The molecule has 3 aromatic heterocycles. The molecule has 0 saturated carbocycles. The van der Waals surface area contributed by atoms with Gasteiger partial charge in [-0.05, 0) is 61.6 Å². The van der Waals surface area contributed by atoms with Crippen molar-refractivity contribution < 1.29 is 13.2 Å². The molecule has 1 aliphatic rings. The molecule has 1 aromatic carbocycles. The maximum absolute atomic E-state index is 13.2. The second-order valence-corrected chi connectivity index (χ2v) is 10.1. The fourth-order valence-corrected chi connectivity index (χ4v) is 6.08. The molecule has 31 heavy (non-hydrogen) atoms. The zero-order valence-electron chi connectivity index (χ0n) is 16.6. The summed E-state index contributed by atoms with van der Waals surface area (Å²) in [5, 5.41) is 4.71. The van der Waals surface area contributed by atoms with Crippen LogP contribution < -0.4 is 4.72 Å². The Morgan fingerprint density at radius 1 is 0.968 bits per heavy atom. The van der Waals surface area contributed by atoms with E-state index in [0.717, 1.165) is 46.8 Å². The van der Waals surface area contributed by atoms with Crippen LogP contribution in [0.2, 0.25) is 0 Å². The van der Waals surface area contributed by atoms with E-state index in [4.69, 9.17) is 0 Å². The number of amides is 1. The molecule has 0 atom stereocenters. The monoisotopic (exact) mass is 452 g/mol. The van der Waals surface area contributed by atoms with Crippen molar-refractivity contribution >= 4 is 27.3 Å². The van der Waals surface area contributed by atoms with Gasteiger partial charge in [0.25, 0.3) is 15.9 Å². The molecule has 4 aromatic rings. The van der Waals surface area contributed by atoms with Crippen LogP contribution >= 0.6 is 11.3 Å². The lowest BCUT2D eigenvalue weighted by molar-refractivity contribution is 0.0980. The van der Waals surface area contributed by atoms with Gasteiger partial charge < -0.3 is 4.57 Å². The van der Waals surface area contributed by atoms with E-state index in [0.29, 0.717) is 5.56 Å². The fraction of sp³-hybridized carbons (Fsp3) is 0.182. The van der Waals surface area contributed by atoms with Gasteiger partial charge in [0, 0.05) is 23.5 Å². The second-order valence-electron chi connectivity index (χ2n) is 7.35. The minimum absolute atomic E-state index is 0.198. The number of hydrogen-bond donors (Lipinski definition) is 1. The average Bonchev–Trinajstić information content (AvgIpc) is 3.53. The number of carbonyl (C=O) groups is 1. The van der Waals surface area contributed by atoms with Gasteiger partial charge in [-0.15, -0.1) is 11.3 Å². The highest BCUT2D eigenvalue weighted by Crippen LogP contribution is 2.37. The molecule has 0 bridgehead atoms. The van der Waals surface area contributed by atoms with E-state index in [1.54, 1.807) is 17.5 Å². The number of aryl methyl sites for hydroxylation is 1. The van der Waals surface area contributed by atoms with E-state index in [-0.39, 0.29) is 5.03 Å². The number of thiophene rings is 1. The lowest BCUT2D eigenvalue weighted by atomic mass is 9.95. The summed E-state index contributed by atoms with van der Waals surface area (Å²) < 4.78 is 31.5. The van der Waals surface area contributed by atoms with E-state index in [1.807, 2.05) is 59.4 Å². The minimum atomic E-state index is -4.12. The number of benzene rings is 1. The van der Waals surface area contributed by atoms with Crippen molar-refractivity contribution in [3.05, 3.63) is 83.1 Å². The van der Waals surface area contributed by atoms with Gasteiger partial charge in [0.1, 0.15) is 5.00 Å². The van der Waals surface area contributed by atoms with Crippen molar-refractivity contribution in [2.75, 3.05) is 0 Å². The van der Waals surface area contributed by atoms with E-state index in [1.165, 1.54) is 10.7 Å². The molecule has 0 radical (unpaired) electrons. The molecule has 1 aliphatic carbocycles. The van der Waals surface area contributed by atoms with E-state index < -0.39 is 15.9 Å². The van der Waals surface area contributed by atoms with Crippen molar-refractivity contribution in [1.29, 1.82) is 0 Å². The van der Waals surface area contributed by atoms with Crippen molar-refractivity contribution in [1.82, 2.24) is 19.1 Å². The summed E-state index contributed by atoms with van der Waals surface area (Å²) >= 11 is 1.56. The van der Waals surface area contributed by atoms with Crippen LogP contribution in [0.5, 0.6) is 0 Å². The predicted octanol–water partition coefficient (Wildman–Crippen LogP) is 3.72. The third-order valence-electron chi connectivity index (χ3n) is 5.31. The van der Waals surface area contributed by atoms with Gasteiger partial charge in [-0.3, -0.25) is 4.79 Å². The number of hydrogen-bond acceptors (Lipinski definition) is 5. The smallest absolute Gasteiger partial charge is 0.283 e. The average molecular weight is 453 g/mol. The Morgan fingerprint density at radius 2 is 1.71 bits per heavy atom. The van der Waals surface area contributed by atoms with Crippen LogP contribution in [0.3, 0.4) is 0 Å². The number of sulfonamides is 1. The summed E-state index contributed by atoms with van der Waals surface area (Å²) in [5.74, 6) is -0.614. The lowest BCUT2D eigenvalue weighted by Crippen LogP contribution is -2.32. The summed E-state index contributed by atoms with van der Waals surface area (Å²) in [7, 11) is -4.12. The van der Waals surface area contributed by atoms with Gasteiger partial charge in [0.2, 0.25) is 0 Å². The Labute approximate surface area is 184 Å². The molecular formula is C22H20N4O3S2. The first kappa shape index (κ1) is 19.8. The number of aromatic nitrogens is 3. The van der Waals surface area contributed by atoms with Crippen molar-refractivity contribution in [3.63, 3.8) is 0 Å². The predicted molar refractivity (Wildman–Crippen MR) is 119 cm³/mol. The van der Waals surface area contributed by atoms with Crippen molar-refractivity contribution in [3.8, 4) is 10.7 Å². The fourth-order valence-electron chi connectivity index (χ4n) is 3.84. The van der Waals surface area contributed by atoms with Crippen LogP contribution in [0, 0.1) is 0 Å². The van der Waals surface area contributed by atoms with Crippen LogP contribution in [-0.4, -0.2) is 28.7 Å². The molecule has 7 nitrogen and oxygen atoms in total. The molecule has 5 rings (SSSR count). The van der Waals surface area contributed by atoms with Crippen LogP contribution in [0.1, 0.15) is 33.6 Å². The molecule has 0 spiro atoms. The van der Waals surface area contributed by atoms with Crippen molar-refractivity contribution in [2.45, 2.75) is 30.7 Å². The van der Waals surface area contributed by atoms with Gasteiger partial charge >= 0.3 is 0 Å². The van der Waals surface area contributed by atoms with E-state index in [2.05, 4.69) is 9.82 Å². The molecule has 0 saturated heterocycles. The zero-order chi connectivity index (χ0) is 21.4. The highest BCUT2D eigenvalue weighted by atomic mass is 32.2. The zero-order valence-corrected chi connectivity index (χ0v) is 18.2. The highest BCUT2D eigenvalue weighted by Gasteiger charge is 2.29. The first-order chi connectivity index (χ1) is 15.0. The molecule has 0 fully saturated rings. The number of para-hydroxylation sites is 1. The minimum Gasteiger partial charge on any atom is -0.315 e. The Balaban J connectivity index is 1.48. The molecular weight excluding hydrogens is 432 g/mol. The molecule has 9 heteroatoms. The molecule has 0 unspecified atom stereocenters. The summed E-state index contributed by atoms with van der Waals surface area (Å²) in [5.41, 5.74) is 2.14. The number of fused-ring (bicyclic) bond motifs is 1. The second kappa shape index (κ2) is 7.82. The van der Waals surface area contributed by atoms with Crippen LogP contribution in [0.25, 0.3) is 10.7 Å². The number of nitrogens with zero attached hydrogens (tertiary/aromatic N) is 3. The molecule has 158 valence electrons. The van der Waals surface area contributed by atoms with Crippen LogP contribution in [-0.2, 0) is 22.9 Å². The maximum Gasteiger partial charge on any atom is 0.283 e. The molecule has 3 heterocycles. The van der Waals surface area contributed by atoms with Gasteiger partial charge in [-0.2, -0.15) is 13.5 Å². The first-order valence-electron chi connectivity index (χ1n) is 9.99.